The number of hydrogen-bond donors (Lipinski definition) is 2. The molecule has 5 nitrogen and oxygen atoms in total. The third-order valence-electron chi connectivity index (χ3n) is 4.41. The molecule has 1 saturated heterocycles. The van der Waals surface area contributed by atoms with Crippen molar-refractivity contribution in [1.29, 1.82) is 0 Å². The summed E-state index contributed by atoms with van der Waals surface area (Å²) in [5.41, 5.74) is 0.658. The lowest BCUT2D eigenvalue weighted by Gasteiger charge is -2.31. The molecule has 1 aromatic carbocycles. The predicted molar refractivity (Wildman–Crippen MR) is 98.5 cm³/mol. The molecule has 3 rings (SSSR count). The maximum absolute atomic E-state index is 12.5. The average molecular weight is 361 g/mol. The molecule has 0 spiro atoms. The Balaban J connectivity index is 1.62. The molecule has 2 N–H and O–H groups in total. The van der Waals surface area contributed by atoms with Crippen LogP contribution in [-0.4, -0.2) is 45.4 Å². The minimum absolute atomic E-state index is 0.0442. The number of hydrogen-bond acceptors (Lipinski definition) is 4. The quantitative estimate of drug-likeness (QED) is 0.786. The number of carbonyl (C=O) groups is 1. The van der Waals surface area contributed by atoms with Crippen LogP contribution in [0.1, 0.15) is 28.2 Å². The van der Waals surface area contributed by atoms with Crippen molar-refractivity contribution in [2.24, 2.45) is 0 Å². The van der Waals surface area contributed by atoms with Crippen molar-refractivity contribution in [2.75, 3.05) is 39.5 Å². The summed E-state index contributed by atoms with van der Waals surface area (Å²) in [6.07, 6.45) is 0. The van der Waals surface area contributed by atoms with Crippen LogP contribution in [-0.2, 0) is 4.74 Å². The van der Waals surface area contributed by atoms with Crippen LogP contribution in [0.5, 0.6) is 5.75 Å². The first-order valence-corrected chi connectivity index (χ1v) is 9.62. The minimum Gasteiger partial charge on any atom is -0.494 e. The van der Waals surface area contributed by atoms with E-state index in [1.807, 2.05) is 31.2 Å². The molecule has 0 saturated carbocycles. The van der Waals surface area contributed by atoms with Crippen molar-refractivity contribution in [3.63, 3.8) is 0 Å². The molecule has 1 aliphatic heterocycles. The second kappa shape index (κ2) is 8.99. The second-order valence-corrected chi connectivity index (χ2v) is 6.99. The van der Waals surface area contributed by atoms with E-state index in [2.05, 4.69) is 22.8 Å². The largest absolute Gasteiger partial charge is 0.494 e. The van der Waals surface area contributed by atoms with Crippen LogP contribution in [0, 0.1) is 0 Å². The van der Waals surface area contributed by atoms with Gasteiger partial charge in [0.25, 0.3) is 5.91 Å². The van der Waals surface area contributed by atoms with Gasteiger partial charge in [-0.1, -0.05) is 6.07 Å². The molecule has 2 aromatic rings. The van der Waals surface area contributed by atoms with E-state index in [4.69, 9.17) is 9.47 Å². The van der Waals surface area contributed by atoms with E-state index in [9.17, 15) is 4.79 Å². The number of rotatable bonds is 7. The fraction of sp³-hybridized carbons (Fsp3) is 0.421. The molecule has 1 aromatic heterocycles. The van der Waals surface area contributed by atoms with Gasteiger partial charge in [0.2, 0.25) is 0 Å². The van der Waals surface area contributed by atoms with Gasteiger partial charge in [0.1, 0.15) is 24.9 Å². The van der Waals surface area contributed by atoms with Crippen LogP contribution in [0.25, 0.3) is 0 Å². The molecule has 6 heteroatoms. The Bertz CT molecular complexity index is 652. The van der Waals surface area contributed by atoms with Gasteiger partial charge in [-0.05, 0) is 42.6 Å². The monoisotopic (exact) mass is 361 g/mol. The van der Waals surface area contributed by atoms with Gasteiger partial charge >= 0.3 is 0 Å². The molecule has 2 heterocycles. The molecule has 0 aliphatic carbocycles. The summed E-state index contributed by atoms with van der Waals surface area (Å²) in [7, 11) is 0. The van der Waals surface area contributed by atoms with E-state index in [-0.39, 0.29) is 11.9 Å². The molecule has 1 atom stereocenters. The summed E-state index contributed by atoms with van der Waals surface area (Å²) < 4.78 is 10.9. The highest BCUT2D eigenvalue weighted by atomic mass is 32.1. The molecule has 134 valence electrons. The average Bonchev–Trinajstić information content (AvgIpc) is 3.18. The van der Waals surface area contributed by atoms with Crippen molar-refractivity contribution in [3.8, 4) is 5.75 Å². The van der Waals surface area contributed by atoms with Gasteiger partial charge in [0.15, 0.2) is 0 Å². The lowest BCUT2D eigenvalue weighted by atomic mass is 10.1. The van der Waals surface area contributed by atoms with E-state index in [1.165, 1.54) is 9.78 Å². The number of nitrogens with one attached hydrogen (secondary N) is 2. The Labute approximate surface area is 152 Å². The van der Waals surface area contributed by atoms with Crippen molar-refractivity contribution >= 4 is 17.2 Å². The molecule has 0 radical (unpaired) electrons. The molecule has 25 heavy (non-hydrogen) atoms. The third kappa shape index (κ3) is 4.81. The van der Waals surface area contributed by atoms with Gasteiger partial charge in [-0.3, -0.25) is 4.79 Å². The van der Waals surface area contributed by atoms with Crippen molar-refractivity contribution in [3.05, 3.63) is 52.2 Å². The van der Waals surface area contributed by atoms with Crippen LogP contribution in [0.15, 0.2) is 41.8 Å². The van der Waals surface area contributed by atoms with E-state index >= 15 is 0 Å². The first-order valence-electron chi connectivity index (χ1n) is 8.74. The zero-order chi connectivity index (χ0) is 17.5. The number of quaternary nitrogens is 1. The SMILES string of the molecule is CCOc1ccc(C(=O)NC[C@@H](c2cccs2)[NH+]2CCOCC2)cc1. The first-order chi connectivity index (χ1) is 12.3. The van der Waals surface area contributed by atoms with Crippen molar-refractivity contribution in [1.82, 2.24) is 5.32 Å². The summed E-state index contributed by atoms with van der Waals surface area (Å²) in [5.74, 6) is 0.741. The van der Waals surface area contributed by atoms with Crippen LogP contribution in [0.4, 0.5) is 0 Å². The van der Waals surface area contributed by atoms with Crippen LogP contribution >= 0.6 is 11.3 Å². The normalized spacial score (nSPS) is 16.4. The first kappa shape index (κ1) is 17.9. The van der Waals surface area contributed by atoms with Crippen LogP contribution < -0.4 is 15.0 Å². The number of carbonyl (C=O) groups excluding carboxylic acids is 1. The molecular formula is C19H25N2O3S+. The Morgan fingerprint density at radius 2 is 2.04 bits per heavy atom. The van der Waals surface area contributed by atoms with Gasteiger partial charge < -0.3 is 19.7 Å². The maximum atomic E-state index is 12.5. The topological polar surface area (TPSA) is 52.0 Å². The van der Waals surface area contributed by atoms with Gasteiger partial charge in [-0.15, -0.1) is 11.3 Å². The fourth-order valence-electron chi connectivity index (χ4n) is 3.08. The smallest absolute Gasteiger partial charge is 0.251 e. The lowest BCUT2D eigenvalue weighted by Crippen LogP contribution is -3.15. The van der Waals surface area contributed by atoms with E-state index < -0.39 is 0 Å². The van der Waals surface area contributed by atoms with Crippen LogP contribution in [0.3, 0.4) is 0 Å². The summed E-state index contributed by atoms with van der Waals surface area (Å²) in [6, 6.07) is 11.8. The van der Waals surface area contributed by atoms with E-state index in [0.717, 1.165) is 32.1 Å². The molecular weight excluding hydrogens is 336 g/mol. The van der Waals surface area contributed by atoms with Gasteiger partial charge in [-0.25, -0.2) is 0 Å². The van der Waals surface area contributed by atoms with Crippen molar-refractivity contribution in [2.45, 2.75) is 13.0 Å². The number of morpholine rings is 1. The van der Waals surface area contributed by atoms with Gasteiger partial charge in [0, 0.05) is 5.56 Å². The highest BCUT2D eigenvalue weighted by Crippen LogP contribution is 2.17. The zero-order valence-electron chi connectivity index (χ0n) is 14.5. The standard InChI is InChI=1S/C19H24N2O3S/c1-2-24-16-7-5-15(6-8-16)19(22)20-14-17(18-4-3-13-25-18)21-9-11-23-12-10-21/h3-8,13,17H,2,9-12,14H2,1H3,(H,20,22)/p+1/t17-/m0/s1. The summed E-state index contributed by atoms with van der Waals surface area (Å²) in [5, 5.41) is 5.20. The van der Waals surface area contributed by atoms with Crippen molar-refractivity contribution < 1.29 is 19.2 Å². The number of amides is 1. The molecule has 0 bridgehead atoms. The number of benzene rings is 1. The minimum atomic E-state index is -0.0442. The van der Waals surface area contributed by atoms with E-state index in [1.54, 1.807) is 11.3 Å². The van der Waals surface area contributed by atoms with Crippen LogP contribution in [0.2, 0.25) is 0 Å². The van der Waals surface area contributed by atoms with Gasteiger partial charge in [0.05, 0.1) is 31.2 Å². The summed E-state index contributed by atoms with van der Waals surface area (Å²) >= 11 is 1.75. The lowest BCUT2D eigenvalue weighted by molar-refractivity contribution is -0.937. The molecule has 1 fully saturated rings. The predicted octanol–water partition coefficient (Wildman–Crippen LogP) is 1.53. The third-order valence-corrected chi connectivity index (χ3v) is 5.39. The summed E-state index contributed by atoms with van der Waals surface area (Å²) in [4.78, 5) is 15.3. The zero-order valence-corrected chi connectivity index (χ0v) is 15.3. The number of thiophene rings is 1. The molecule has 0 unspecified atom stereocenters. The summed E-state index contributed by atoms with van der Waals surface area (Å²) in [6.45, 7) is 6.70. The Morgan fingerprint density at radius 3 is 2.68 bits per heavy atom. The van der Waals surface area contributed by atoms with E-state index in [0.29, 0.717) is 18.7 Å². The molecule has 1 amide bonds. The highest BCUT2D eigenvalue weighted by molar-refractivity contribution is 7.10. The fourth-order valence-corrected chi connectivity index (χ4v) is 3.97. The maximum Gasteiger partial charge on any atom is 0.251 e. The Morgan fingerprint density at radius 1 is 1.28 bits per heavy atom. The molecule has 1 aliphatic rings. The Hall–Kier alpha value is -1.89. The second-order valence-electron chi connectivity index (χ2n) is 6.01. The number of ether oxygens (including phenoxy) is 2. The highest BCUT2D eigenvalue weighted by Gasteiger charge is 2.27. The Kier molecular flexibility index (Phi) is 6.44. The van der Waals surface area contributed by atoms with Gasteiger partial charge in [-0.2, -0.15) is 0 Å².